The van der Waals surface area contributed by atoms with Gasteiger partial charge in [-0.15, -0.1) is 0 Å². The van der Waals surface area contributed by atoms with E-state index in [4.69, 9.17) is 10.5 Å². The van der Waals surface area contributed by atoms with E-state index in [0.29, 0.717) is 17.9 Å². The van der Waals surface area contributed by atoms with Crippen LogP contribution < -0.4 is 11.1 Å². The van der Waals surface area contributed by atoms with Crippen molar-refractivity contribution in [1.29, 1.82) is 0 Å². The number of nitrogens with two attached hydrogens (primary N) is 1. The predicted octanol–water partition coefficient (Wildman–Crippen LogP) is 2.07. The van der Waals surface area contributed by atoms with Gasteiger partial charge in [-0.05, 0) is 38.3 Å². The lowest BCUT2D eigenvalue weighted by atomic mass is 9.75. The van der Waals surface area contributed by atoms with Crippen LogP contribution in [0.25, 0.3) is 0 Å². The average Bonchev–Trinajstić information content (AvgIpc) is 2.37. The van der Waals surface area contributed by atoms with Crippen molar-refractivity contribution in [1.82, 2.24) is 0 Å². The summed E-state index contributed by atoms with van der Waals surface area (Å²) in [5, 5.41) is 2.75. The fraction of sp³-hybridized carbons (Fsp3) is 0.467. The van der Waals surface area contributed by atoms with Gasteiger partial charge in [0.15, 0.2) is 0 Å². The summed E-state index contributed by atoms with van der Waals surface area (Å²) in [6, 6.07) is 6.82. The molecule has 0 aromatic heterocycles. The van der Waals surface area contributed by atoms with E-state index in [9.17, 15) is 9.59 Å². The molecule has 0 bridgehead atoms. The summed E-state index contributed by atoms with van der Waals surface area (Å²) in [6.07, 6.45) is 3.10. The number of para-hydroxylation sites is 1. The Morgan fingerprint density at radius 3 is 2.65 bits per heavy atom. The minimum absolute atomic E-state index is 0.163. The third-order valence-corrected chi connectivity index (χ3v) is 3.56. The lowest BCUT2D eigenvalue weighted by Gasteiger charge is -2.37. The lowest BCUT2D eigenvalue weighted by molar-refractivity contribution is -0.118. The van der Waals surface area contributed by atoms with Gasteiger partial charge in [-0.3, -0.25) is 4.79 Å². The maximum absolute atomic E-state index is 12.0. The molecule has 108 valence electrons. The first kappa shape index (κ1) is 14.5. The van der Waals surface area contributed by atoms with E-state index in [2.05, 4.69) is 5.32 Å². The van der Waals surface area contributed by atoms with Crippen LogP contribution in [0.1, 0.15) is 43.0 Å². The van der Waals surface area contributed by atoms with Crippen molar-refractivity contribution >= 4 is 17.6 Å². The zero-order chi connectivity index (χ0) is 14.6. The second-order valence-electron chi connectivity index (χ2n) is 5.21. The molecular formula is C15H20N2O3. The van der Waals surface area contributed by atoms with Gasteiger partial charge in [0.25, 0.3) is 0 Å². The summed E-state index contributed by atoms with van der Waals surface area (Å²) < 4.78 is 4.97. The summed E-state index contributed by atoms with van der Waals surface area (Å²) in [5.74, 6) is -0.599. The zero-order valence-corrected chi connectivity index (χ0v) is 11.6. The molecule has 2 rings (SSSR count). The number of rotatable bonds is 5. The number of hydrogen-bond donors (Lipinski definition) is 2. The number of carbonyl (C=O) groups excluding carboxylic acids is 2. The van der Waals surface area contributed by atoms with E-state index in [1.165, 1.54) is 0 Å². The predicted molar refractivity (Wildman–Crippen MR) is 76.4 cm³/mol. The molecule has 1 aliphatic rings. The van der Waals surface area contributed by atoms with Crippen molar-refractivity contribution in [2.24, 2.45) is 5.73 Å². The minimum Gasteiger partial charge on any atom is -0.462 e. The van der Waals surface area contributed by atoms with Gasteiger partial charge in [0.2, 0.25) is 5.91 Å². The van der Waals surface area contributed by atoms with Gasteiger partial charge in [0.05, 0.1) is 17.9 Å². The van der Waals surface area contributed by atoms with Crippen molar-refractivity contribution in [3.05, 3.63) is 29.8 Å². The second kappa shape index (κ2) is 6.05. The molecule has 0 atom stereocenters. The Bertz CT molecular complexity index is 510. The molecule has 3 N–H and O–H groups in total. The number of anilines is 1. The van der Waals surface area contributed by atoms with Gasteiger partial charge in [-0.2, -0.15) is 0 Å². The summed E-state index contributed by atoms with van der Waals surface area (Å²) in [6.45, 7) is 2.04. The van der Waals surface area contributed by atoms with Crippen LogP contribution in [0.4, 0.5) is 5.69 Å². The third kappa shape index (κ3) is 3.36. The first-order chi connectivity index (χ1) is 9.54. The van der Waals surface area contributed by atoms with Gasteiger partial charge < -0.3 is 15.8 Å². The molecule has 20 heavy (non-hydrogen) atoms. The molecule has 5 nitrogen and oxygen atoms in total. The average molecular weight is 276 g/mol. The van der Waals surface area contributed by atoms with Crippen LogP contribution in [0.15, 0.2) is 24.3 Å². The van der Waals surface area contributed by atoms with Crippen LogP contribution in [0.3, 0.4) is 0 Å². The van der Waals surface area contributed by atoms with E-state index in [0.717, 1.165) is 19.3 Å². The van der Waals surface area contributed by atoms with E-state index >= 15 is 0 Å². The van der Waals surface area contributed by atoms with Gasteiger partial charge in [-0.1, -0.05) is 12.1 Å². The third-order valence-electron chi connectivity index (χ3n) is 3.56. The molecule has 1 fully saturated rings. The first-order valence-corrected chi connectivity index (χ1v) is 6.89. The highest BCUT2D eigenvalue weighted by Crippen LogP contribution is 2.32. The van der Waals surface area contributed by atoms with Gasteiger partial charge in [-0.25, -0.2) is 4.79 Å². The Kier molecular flexibility index (Phi) is 4.39. The van der Waals surface area contributed by atoms with Gasteiger partial charge >= 0.3 is 5.97 Å². The van der Waals surface area contributed by atoms with Crippen molar-refractivity contribution < 1.29 is 14.3 Å². The highest BCUT2D eigenvalue weighted by atomic mass is 16.5. The van der Waals surface area contributed by atoms with E-state index in [1.807, 2.05) is 0 Å². The number of ether oxygens (including phenoxy) is 1. The fourth-order valence-electron chi connectivity index (χ4n) is 2.30. The molecule has 0 radical (unpaired) electrons. The largest absolute Gasteiger partial charge is 0.462 e. The van der Waals surface area contributed by atoms with E-state index in [1.54, 1.807) is 31.2 Å². The van der Waals surface area contributed by atoms with Crippen molar-refractivity contribution in [3.8, 4) is 0 Å². The fourth-order valence-corrected chi connectivity index (χ4v) is 2.30. The summed E-state index contributed by atoms with van der Waals surface area (Å²) in [5.41, 5.74) is 6.51. The Labute approximate surface area is 118 Å². The van der Waals surface area contributed by atoms with Crippen LogP contribution in [0, 0.1) is 0 Å². The summed E-state index contributed by atoms with van der Waals surface area (Å²) in [7, 11) is 0. The van der Waals surface area contributed by atoms with Crippen LogP contribution in [0.5, 0.6) is 0 Å². The van der Waals surface area contributed by atoms with Crippen molar-refractivity contribution in [3.63, 3.8) is 0 Å². The van der Waals surface area contributed by atoms with Crippen LogP contribution in [-0.4, -0.2) is 24.0 Å². The molecule has 0 aliphatic heterocycles. The minimum atomic E-state index is -0.436. The smallest absolute Gasteiger partial charge is 0.340 e. The van der Waals surface area contributed by atoms with Gasteiger partial charge in [0.1, 0.15) is 0 Å². The summed E-state index contributed by atoms with van der Waals surface area (Å²) >= 11 is 0. The highest BCUT2D eigenvalue weighted by molar-refractivity contribution is 6.01. The number of carbonyl (C=O) groups is 2. The first-order valence-electron chi connectivity index (χ1n) is 6.89. The molecule has 5 heteroatoms. The number of benzene rings is 1. The Morgan fingerprint density at radius 2 is 2.05 bits per heavy atom. The molecule has 0 saturated heterocycles. The molecule has 0 heterocycles. The van der Waals surface area contributed by atoms with Crippen LogP contribution in [0.2, 0.25) is 0 Å². The van der Waals surface area contributed by atoms with Crippen molar-refractivity contribution in [2.75, 3.05) is 11.9 Å². The number of hydrogen-bond acceptors (Lipinski definition) is 4. The zero-order valence-electron chi connectivity index (χ0n) is 11.6. The normalized spacial score (nSPS) is 16.1. The maximum atomic E-state index is 12.0. The second-order valence-corrected chi connectivity index (χ2v) is 5.21. The molecule has 0 unspecified atom stereocenters. The maximum Gasteiger partial charge on any atom is 0.340 e. The molecule has 1 aromatic carbocycles. The Morgan fingerprint density at radius 1 is 1.35 bits per heavy atom. The molecule has 0 spiro atoms. The van der Waals surface area contributed by atoms with E-state index in [-0.39, 0.29) is 17.9 Å². The molecule has 1 saturated carbocycles. The summed E-state index contributed by atoms with van der Waals surface area (Å²) in [4.78, 5) is 23.8. The quantitative estimate of drug-likeness (QED) is 0.807. The van der Waals surface area contributed by atoms with Crippen LogP contribution >= 0.6 is 0 Å². The lowest BCUT2D eigenvalue weighted by Crippen LogP contribution is -2.49. The molecule has 1 aromatic rings. The topological polar surface area (TPSA) is 81.4 Å². The monoisotopic (exact) mass is 276 g/mol. The molecule has 1 aliphatic carbocycles. The highest BCUT2D eigenvalue weighted by Gasteiger charge is 2.34. The van der Waals surface area contributed by atoms with Crippen molar-refractivity contribution in [2.45, 2.75) is 38.1 Å². The van der Waals surface area contributed by atoms with E-state index < -0.39 is 5.97 Å². The SMILES string of the molecule is CCOC(=O)c1ccccc1NC(=O)CC1(N)CCC1. The van der Waals surface area contributed by atoms with Crippen LogP contribution in [-0.2, 0) is 9.53 Å². The number of amides is 1. The Balaban J connectivity index is 2.05. The molecule has 1 amide bonds. The van der Waals surface area contributed by atoms with Gasteiger partial charge in [0, 0.05) is 12.0 Å². The molecular weight excluding hydrogens is 256 g/mol. The number of esters is 1. The Hall–Kier alpha value is -1.88. The number of nitrogens with one attached hydrogen (secondary N) is 1. The standard InChI is InChI=1S/C15H20N2O3/c1-2-20-14(19)11-6-3-4-7-12(11)17-13(18)10-15(16)8-5-9-15/h3-4,6-7H,2,5,8-10,16H2,1H3,(H,17,18).